The summed E-state index contributed by atoms with van der Waals surface area (Å²) in [4.78, 5) is 37.7. The minimum atomic E-state index is -0.422. The number of nitrogens with zero attached hydrogens (tertiary/aromatic N) is 1. The van der Waals surface area contributed by atoms with Crippen molar-refractivity contribution in [3.05, 3.63) is 48.0 Å². The Balaban J connectivity index is 1.42. The first-order valence-corrected chi connectivity index (χ1v) is 8.06. The Morgan fingerprint density at radius 3 is 2.09 bits per heavy atom. The van der Waals surface area contributed by atoms with Crippen molar-refractivity contribution >= 4 is 17.7 Å². The molecular weight excluding hydrogens is 292 g/mol. The average Bonchev–Trinajstić information content (AvgIpc) is 3.18. The fraction of sp³-hybridized carbons (Fsp3) is 0.389. The third-order valence-electron chi connectivity index (χ3n) is 6.10. The summed E-state index contributed by atoms with van der Waals surface area (Å²) in [5.41, 5.74) is 3.12. The van der Waals surface area contributed by atoms with Gasteiger partial charge in [0.25, 0.3) is 17.7 Å². The predicted octanol–water partition coefficient (Wildman–Crippen LogP) is 1.53. The van der Waals surface area contributed by atoms with E-state index in [1.807, 2.05) is 6.07 Å². The summed E-state index contributed by atoms with van der Waals surface area (Å²) in [6, 6.07) is 8.62. The molecule has 23 heavy (non-hydrogen) atoms. The number of carbonyl (C=O) groups is 3. The maximum Gasteiger partial charge on any atom is 0.270 e. The summed E-state index contributed by atoms with van der Waals surface area (Å²) in [6.45, 7) is 0. The molecule has 1 aliphatic heterocycles. The van der Waals surface area contributed by atoms with Crippen LogP contribution in [-0.4, -0.2) is 22.7 Å². The van der Waals surface area contributed by atoms with Crippen LogP contribution >= 0.6 is 0 Å². The number of hydrogen-bond donors (Lipinski definition) is 1. The van der Waals surface area contributed by atoms with E-state index < -0.39 is 5.91 Å². The summed E-state index contributed by atoms with van der Waals surface area (Å²) in [6.07, 6.45) is 6.46. The minimum absolute atomic E-state index is 0.174. The highest BCUT2D eigenvalue weighted by Gasteiger charge is 2.73. The molecule has 0 unspecified atom stereocenters. The molecule has 1 saturated heterocycles. The van der Waals surface area contributed by atoms with Crippen molar-refractivity contribution in [2.45, 2.75) is 12.8 Å². The molecule has 5 rings (SSSR count). The van der Waals surface area contributed by atoms with Crippen LogP contribution in [0.4, 0.5) is 0 Å². The lowest BCUT2D eigenvalue weighted by molar-refractivity contribution is -0.144. The standard InChI is InChI=1S/C18H16N2O3/c21-15(10-4-2-1-3-5-10)19-20-16(22)13-11-6-7-12(14(13)17(20)23)18(11)8-9-18/h1-7,11-14H,8-9H2,(H,19,21)/t11-,12-,13-,14+/m1/s1. The quantitative estimate of drug-likeness (QED) is 0.665. The van der Waals surface area contributed by atoms with Gasteiger partial charge in [0.05, 0.1) is 11.8 Å². The summed E-state index contributed by atoms with van der Waals surface area (Å²) in [5, 5.41) is 0.965. The van der Waals surface area contributed by atoms with Crippen LogP contribution in [0.1, 0.15) is 23.2 Å². The molecule has 2 saturated carbocycles. The molecule has 4 aliphatic rings. The van der Waals surface area contributed by atoms with E-state index in [1.54, 1.807) is 24.3 Å². The molecule has 0 aromatic heterocycles. The second-order valence-electron chi connectivity index (χ2n) is 7.04. The number of carbonyl (C=O) groups excluding carboxylic acids is 3. The van der Waals surface area contributed by atoms with Crippen molar-refractivity contribution in [3.8, 4) is 0 Å². The smallest absolute Gasteiger partial charge is 0.270 e. The van der Waals surface area contributed by atoms with E-state index in [0.29, 0.717) is 5.56 Å². The molecule has 1 N–H and O–H groups in total. The fourth-order valence-corrected chi connectivity index (χ4v) is 4.94. The highest BCUT2D eigenvalue weighted by atomic mass is 16.2. The zero-order valence-electron chi connectivity index (χ0n) is 12.4. The number of imide groups is 1. The van der Waals surface area contributed by atoms with Crippen molar-refractivity contribution in [2.24, 2.45) is 29.1 Å². The molecule has 5 heteroatoms. The van der Waals surface area contributed by atoms with Crippen molar-refractivity contribution in [1.29, 1.82) is 0 Å². The molecule has 3 fully saturated rings. The van der Waals surface area contributed by atoms with Crippen LogP contribution in [0.2, 0.25) is 0 Å². The first-order chi connectivity index (χ1) is 11.1. The van der Waals surface area contributed by atoms with E-state index in [1.165, 1.54) is 0 Å². The highest BCUT2D eigenvalue weighted by Crippen LogP contribution is 2.73. The lowest BCUT2D eigenvalue weighted by atomic mass is 9.85. The first-order valence-electron chi connectivity index (χ1n) is 8.06. The summed E-state index contributed by atoms with van der Waals surface area (Å²) >= 11 is 0. The number of amides is 3. The van der Waals surface area contributed by atoms with Gasteiger partial charge < -0.3 is 0 Å². The molecule has 4 atom stereocenters. The predicted molar refractivity (Wildman–Crippen MR) is 80.5 cm³/mol. The maximum atomic E-state index is 12.7. The third kappa shape index (κ3) is 1.49. The Bertz CT molecular complexity index is 732. The molecule has 3 amide bonds. The van der Waals surface area contributed by atoms with Gasteiger partial charge in [-0.25, -0.2) is 0 Å². The zero-order chi connectivity index (χ0) is 15.8. The average molecular weight is 308 g/mol. The lowest BCUT2D eigenvalue weighted by Gasteiger charge is -2.21. The second-order valence-corrected chi connectivity index (χ2v) is 7.04. The van der Waals surface area contributed by atoms with E-state index in [0.717, 1.165) is 17.9 Å². The molecule has 1 heterocycles. The van der Waals surface area contributed by atoms with Gasteiger partial charge in [0.2, 0.25) is 0 Å². The van der Waals surface area contributed by atoms with Gasteiger partial charge in [0, 0.05) is 5.56 Å². The Hall–Kier alpha value is -2.43. The molecule has 1 aromatic rings. The van der Waals surface area contributed by atoms with Crippen LogP contribution in [0, 0.1) is 29.1 Å². The second kappa shape index (κ2) is 4.10. The van der Waals surface area contributed by atoms with E-state index >= 15 is 0 Å². The fourth-order valence-electron chi connectivity index (χ4n) is 4.94. The maximum absolute atomic E-state index is 12.7. The van der Waals surface area contributed by atoms with Crippen molar-refractivity contribution in [3.63, 3.8) is 0 Å². The first kappa shape index (κ1) is 13.0. The third-order valence-corrected chi connectivity index (χ3v) is 6.10. The normalized spacial score (nSPS) is 35.0. The van der Waals surface area contributed by atoms with Crippen LogP contribution in [0.15, 0.2) is 42.5 Å². The molecule has 5 nitrogen and oxygen atoms in total. The van der Waals surface area contributed by atoms with E-state index in [4.69, 9.17) is 0 Å². The molecule has 1 spiro atoms. The van der Waals surface area contributed by atoms with Gasteiger partial charge in [-0.1, -0.05) is 30.4 Å². The number of allylic oxidation sites excluding steroid dienone is 2. The van der Waals surface area contributed by atoms with Crippen molar-refractivity contribution in [1.82, 2.24) is 10.4 Å². The molecular formula is C18H16N2O3. The van der Waals surface area contributed by atoms with Crippen LogP contribution in [0.5, 0.6) is 0 Å². The van der Waals surface area contributed by atoms with Crippen LogP contribution in [0.3, 0.4) is 0 Å². The number of nitrogens with one attached hydrogen (secondary N) is 1. The number of hydrazine groups is 1. The number of fused-ring (bicyclic) bond motifs is 3. The molecule has 3 aliphatic carbocycles. The summed E-state index contributed by atoms with van der Waals surface area (Å²) in [7, 11) is 0. The Morgan fingerprint density at radius 1 is 1.00 bits per heavy atom. The van der Waals surface area contributed by atoms with Crippen LogP contribution in [0.25, 0.3) is 0 Å². The molecule has 0 radical (unpaired) electrons. The van der Waals surface area contributed by atoms with Crippen LogP contribution < -0.4 is 5.43 Å². The summed E-state index contributed by atoms with van der Waals surface area (Å²) < 4.78 is 0. The molecule has 116 valence electrons. The van der Waals surface area contributed by atoms with Gasteiger partial charge in [-0.05, 0) is 42.2 Å². The SMILES string of the molecule is O=C(NN1C(=O)[C@@H]2[C@H](C1=O)[C@H]1C=C[C@H]2C12CC2)c1ccccc1. The van der Waals surface area contributed by atoms with E-state index in [2.05, 4.69) is 17.6 Å². The van der Waals surface area contributed by atoms with Gasteiger partial charge in [0.15, 0.2) is 0 Å². The largest absolute Gasteiger partial charge is 0.272 e. The number of hydrogen-bond acceptors (Lipinski definition) is 3. The van der Waals surface area contributed by atoms with Gasteiger partial charge >= 0.3 is 0 Å². The van der Waals surface area contributed by atoms with Crippen molar-refractivity contribution < 1.29 is 14.4 Å². The zero-order valence-corrected chi connectivity index (χ0v) is 12.4. The Kier molecular flexibility index (Phi) is 2.33. The lowest BCUT2D eigenvalue weighted by Crippen LogP contribution is -2.47. The monoisotopic (exact) mass is 308 g/mol. The van der Waals surface area contributed by atoms with Crippen molar-refractivity contribution in [2.75, 3.05) is 0 Å². The number of benzene rings is 1. The molecule has 1 aromatic carbocycles. The summed E-state index contributed by atoms with van der Waals surface area (Å²) in [5.74, 6) is -1.12. The Labute approximate surface area is 133 Å². The van der Waals surface area contributed by atoms with Gasteiger partial charge in [0.1, 0.15) is 0 Å². The van der Waals surface area contributed by atoms with Gasteiger partial charge in [-0.3, -0.25) is 19.8 Å². The molecule has 2 bridgehead atoms. The van der Waals surface area contributed by atoms with Gasteiger partial charge in [-0.15, -0.1) is 0 Å². The minimum Gasteiger partial charge on any atom is -0.272 e. The topological polar surface area (TPSA) is 66.5 Å². The number of rotatable bonds is 2. The van der Waals surface area contributed by atoms with Gasteiger partial charge in [-0.2, -0.15) is 5.01 Å². The highest BCUT2D eigenvalue weighted by molar-refractivity contribution is 6.09. The van der Waals surface area contributed by atoms with Crippen LogP contribution in [-0.2, 0) is 9.59 Å². The Morgan fingerprint density at radius 2 is 1.57 bits per heavy atom. The van der Waals surface area contributed by atoms with E-state index in [9.17, 15) is 14.4 Å². The van der Waals surface area contributed by atoms with E-state index in [-0.39, 0.29) is 40.9 Å².